The average Bonchev–Trinajstić information content (AvgIpc) is 3.45. The lowest BCUT2D eigenvalue weighted by molar-refractivity contribution is -0.116. The number of fused-ring (bicyclic) bond motifs is 1. The van der Waals surface area contributed by atoms with Crippen molar-refractivity contribution < 1.29 is 9.21 Å². The van der Waals surface area contributed by atoms with Crippen LogP contribution in [0.5, 0.6) is 0 Å². The molecule has 0 unspecified atom stereocenters. The number of imidazole rings is 1. The molecule has 4 aromatic rings. The Morgan fingerprint density at radius 1 is 1.28 bits per heavy atom. The molecule has 0 aromatic carbocycles. The molecule has 1 N–H and O–H groups in total. The third-order valence-corrected chi connectivity index (χ3v) is 5.30. The molecule has 0 aliphatic carbocycles. The van der Waals surface area contributed by atoms with Crippen molar-refractivity contribution in [1.29, 1.82) is 0 Å². The summed E-state index contributed by atoms with van der Waals surface area (Å²) in [4.78, 5) is 45.1. The van der Waals surface area contributed by atoms with Gasteiger partial charge < -0.3 is 14.3 Å². The Bertz CT molecular complexity index is 1290. The van der Waals surface area contributed by atoms with E-state index < -0.39 is 11.2 Å². The van der Waals surface area contributed by atoms with Gasteiger partial charge in [-0.1, -0.05) is 0 Å². The lowest BCUT2D eigenvalue weighted by Crippen LogP contribution is -2.37. The third-order valence-electron chi connectivity index (χ3n) is 4.54. The van der Waals surface area contributed by atoms with Crippen molar-refractivity contribution in [3.8, 4) is 11.5 Å². The molecule has 0 saturated heterocycles. The van der Waals surface area contributed by atoms with Crippen LogP contribution in [0.2, 0.25) is 0 Å². The lowest BCUT2D eigenvalue weighted by atomic mass is 10.3. The topological polar surface area (TPSA) is 117 Å². The minimum atomic E-state index is -0.426. The van der Waals surface area contributed by atoms with Crippen LogP contribution in [-0.4, -0.2) is 29.6 Å². The van der Waals surface area contributed by atoms with Crippen molar-refractivity contribution in [2.75, 3.05) is 5.32 Å². The molecule has 0 aliphatic rings. The summed E-state index contributed by atoms with van der Waals surface area (Å²) >= 11 is 1.32. The van der Waals surface area contributed by atoms with Gasteiger partial charge in [-0.15, -0.1) is 11.3 Å². The lowest BCUT2D eigenvalue weighted by Gasteiger charge is -2.06. The third kappa shape index (κ3) is 3.51. The molecule has 0 spiro atoms. The summed E-state index contributed by atoms with van der Waals surface area (Å²) in [6.45, 7) is 0.423. The number of nitrogens with one attached hydrogen (secondary N) is 1. The number of anilines is 1. The Hall–Kier alpha value is -3.47. The second kappa shape index (κ2) is 7.51. The summed E-state index contributed by atoms with van der Waals surface area (Å²) < 4.78 is 9.34. The first kappa shape index (κ1) is 18.9. The van der Waals surface area contributed by atoms with Gasteiger partial charge in [0.15, 0.2) is 22.1 Å². The Labute approximate surface area is 168 Å². The Morgan fingerprint density at radius 3 is 2.86 bits per heavy atom. The van der Waals surface area contributed by atoms with Gasteiger partial charge in [0, 0.05) is 32.4 Å². The van der Waals surface area contributed by atoms with Crippen LogP contribution in [0.4, 0.5) is 5.13 Å². The van der Waals surface area contributed by atoms with Crippen LogP contribution in [0.1, 0.15) is 12.8 Å². The molecular formula is C18H18N6O4S. The van der Waals surface area contributed by atoms with E-state index in [2.05, 4.69) is 15.3 Å². The number of carbonyl (C=O) groups excluding carboxylic acids is 1. The molecule has 4 rings (SSSR count). The fraction of sp³-hybridized carbons (Fsp3) is 0.278. The summed E-state index contributed by atoms with van der Waals surface area (Å²) in [5.41, 5.74) is 0.512. The molecule has 29 heavy (non-hydrogen) atoms. The highest BCUT2D eigenvalue weighted by molar-refractivity contribution is 7.14. The van der Waals surface area contributed by atoms with E-state index >= 15 is 0 Å². The highest BCUT2D eigenvalue weighted by Gasteiger charge is 2.15. The number of furan rings is 1. The second-order valence-electron chi connectivity index (χ2n) is 6.48. The van der Waals surface area contributed by atoms with E-state index in [1.165, 1.54) is 29.3 Å². The van der Waals surface area contributed by atoms with Gasteiger partial charge in [-0.05, 0) is 18.6 Å². The van der Waals surface area contributed by atoms with E-state index in [9.17, 15) is 14.4 Å². The van der Waals surface area contributed by atoms with Crippen molar-refractivity contribution >= 4 is 33.5 Å². The normalized spacial score (nSPS) is 11.2. The maximum atomic E-state index is 12.4. The van der Waals surface area contributed by atoms with Crippen molar-refractivity contribution in [2.45, 2.75) is 19.4 Å². The van der Waals surface area contributed by atoms with E-state index in [1.807, 2.05) is 5.38 Å². The number of aromatic nitrogens is 5. The molecule has 0 atom stereocenters. The van der Waals surface area contributed by atoms with Gasteiger partial charge in [-0.3, -0.25) is 18.7 Å². The van der Waals surface area contributed by atoms with Gasteiger partial charge in [0.25, 0.3) is 5.56 Å². The Balaban J connectivity index is 1.40. The Kier molecular flexibility index (Phi) is 4.89. The van der Waals surface area contributed by atoms with Crippen LogP contribution in [-0.2, 0) is 25.4 Å². The van der Waals surface area contributed by atoms with E-state index in [0.29, 0.717) is 40.7 Å². The summed E-state index contributed by atoms with van der Waals surface area (Å²) in [7, 11) is 3.00. The van der Waals surface area contributed by atoms with Gasteiger partial charge in [-0.25, -0.2) is 14.8 Å². The minimum Gasteiger partial charge on any atom is -0.463 e. The summed E-state index contributed by atoms with van der Waals surface area (Å²) in [5, 5.41) is 5.08. The first-order valence-electron chi connectivity index (χ1n) is 8.86. The highest BCUT2D eigenvalue weighted by Crippen LogP contribution is 2.25. The quantitative estimate of drug-likeness (QED) is 0.512. The molecule has 150 valence electrons. The fourth-order valence-corrected chi connectivity index (χ4v) is 3.74. The highest BCUT2D eigenvalue weighted by atomic mass is 32.1. The smallest absolute Gasteiger partial charge is 0.332 e. The van der Waals surface area contributed by atoms with E-state index in [0.717, 1.165) is 4.57 Å². The zero-order valence-corrected chi connectivity index (χ0v) is 16.6. The van der Waals surface area contributed by atoms with Crippen LogP contribution in [0.3, 0.4) is 0 Å². The zero-order chi connectivity index (χ0) is 20.5. The van der Waals surface area contributed by atoms with Crippen LogP contribution in [0, 0.1) is 0 Å². The SMILES string of the molecule is Cn1c(=O)c2c(ncn2CCCC(=O)Nc2nc(-c3ccco3)cs2)n(C)c1=O. The molecular weight excluding hydrogens is 396 g/mol. The van der Waals surface area contributed by atoms with E-state index in [-0.39, 0.29) is 12.3 Å². The maximum Gasteiger partial charge on any atom is 0.332 e. The standard InChI is InChI=1S/C18H18N6O4S/c1-22-15-14(16(26)23(2)18(22)27)24(10-19-15)7-3-6-13(25)21-17-20-11(9-29-17)12-5-4-8-28-12/h4-5,8-10H,3,6-7H2,1-2H3,(H,20,21,25). The zero-order valence-electron chi connectivity index (χ0n) is 15.8. The van der Waals surface area contributed by atoms with Crippen molar-refractivity contribution in [1.82, 2.24) is 23.7 Å². The summed E-state index contributed by atoms with van der Waals surface area (Å²) in [6.07, 6.45) is 3.83. The second-order valence-corrected chi connectivity index (χ2v) is 7.34. The van der Waals surface area contributed by atoms with Crippen molar-refractivity contribution in [2.24, 2.45) is 14.1 Å². The molecule has 0 radical (unpaired) electrons. The molecule has 4 heterocycles. The number of rotatable bonds is 6. The first-order valence-corrected chi connectivity index (χ1v) is 9.74. The van der Waals surface area contributed by atoms with Crippen LogP contribution in [0.15, 0.2) is 44.1 Å². The fourth-order valence-electron chi connectivity index (χ4n) is 3.03. The van der Waals surface area contributed by atoms with E-state index in [1.54, 1.807) is 30.0 Å². The number of hydrogen-bond donors (Lipinski definition) is 1. The molecule has 11 heteroatoms. The van der Waals surface area contributed by atoms with Crippen molar-refractivity contribution in [3.05, 3.63) is 50.9 Å². The minimum absolute atomic E-state index is 0.171. The predicted octanol–water partition coefficient (Wildman–Crippen LogP) is 1.57. The number of amides is 1. The largest absolute Gasteiger partial charge is 0.463 e. The predicted molar refractivity (Wildman–Crippen MR) is 108 cm³/mol. The van der Waals surface area contributed by atoms with E-state index in [4.69, 9.17) is 4.42 Å². The van der Waals surface area contributed by atoms with Gasteiger partial charge in [0.05, 0.1) is 12.6 Å². The van der Waals surface area contributed by atoms with Crippen LogP contribution < -0.4 is 16.6 Å². The number of thiazole rings is 1. The average molecular weight is 414 g/mol. The molecule has 0 bridgehead atoms. The number of carbonyl (C=O) groups is 1. The van der Waals surface area contributed by atoms with Crippen molar-refractivity contribution in [3.63, 3.8) is 0 Å². The van der Waals surface area contributed by atoms with Gasteiger partial charge in [-0.2, -0.15) is 0 Å². The van der Waals surface area contributed by atoms with Gasteiger partial charge in [0.1, 0.15) is 5.69 Å². The van der Waals surface area contributed by atoms with Crippen LogP contribution >= 0.6 is 11.3 Å². The monoisotopic (exact) mass is 414 g/mol. The maximum absolute atomic E-state index is 12.4. The molecule has 0 aliphatic heterocycles. The Morgan fingerprint density at radius 2 is 2.10 bits per heavy atom. The molecule has 0 fully saturated rings. The number of hydrogen-bond acceptors (Lipinski definition) is 7. The summed E-state index contributed by atoms with van der Waals surface area (Å²) in [5.74, 6) is 0.472. The van der Waals surface area contributed by atoms with Gasteiger partial charge >= 0.3 is 5.69 Å². The summed E-state index contributed by atoms with van der Waals surface area (Å²) in [6, 6.07) is 3.58. The van der Waals surface area contributed by atoms with Gasteiger partial charge in [0.2, 0.25) is 5.91 Å². The first-order chi connectivity index (χ1) is 14.0. The molecule has 10 nitrogen and oxygen atoms in total. The molecule has 0 saturated carbocycles. The molecule has 4 aromatic heterocycles. The number of aryl methyl sites for hydroxylation is 2. The van der Waals surface area contributed by atoms with Crippen LogP contribution in [0.25, 0.3) is 22.6 Å². The molecule has 1 amide bonds. The number of nitrogens with zero attached hydrogens (tertiary/aromatic N) is 5.